The fourth-order valence-corrected chi connectivity index (χ4v) is 3.87. The summed E-state index contributed by atoms with van der Waals surface area (Å²) in [6.07, 6.45) is 3.80. The molecule has 0 aliphatic heterocycles. The zero-order valence-corrected chi connectivity index (χ0v) is 12.1. The van der Waals surface area contributed by atoms with E-state index in [0.29, 0.717) is 21.4 Å². The SMILES string of the molecule is Nc1ccc(Cl)cc1S(=O)Cc1cn2ccsc2n1. The van der Waals surface area contributed by atoms with Crippen molar-refractivity contribution in [1.82, 2.24) is 9.38 Å². The van der Waals surface area contributed by atoms with E-state index in [9.17, 15) is 4.21 Å². The van der Waals surface area contributed by atoms with Gasteiger partial charge in [-0.1, -0.05) is 11.6 Å². The highest BCUT2D eigenvalue weighted by atomic mass is 35.5. The summed E-state index contributed by atoms with van der Waals surface area (Å²) in [7, 11) is -1.25. The van der Waals surface area contributed by atoms with Gasteiger partial charge in [-0.05, 0) is 18.2 Å². The summed E-state index contributed by atoms with van der Waals surface area (Å²) in [6.45, 7) is 0. The molecule has 0 bridgehead atoms. The average Bonchev–Trinajstić information content (AvgIpc) is 2.92. The number of imidazole rings is 1. The van der Waals surface area contributed by atoms with Gasteiger partial charge < -0.3 is 5.73 Å². The molecular formula is C12H10ClN3OS2. The maximum absolute atomic E-state index is 12.3. The van der Waals surface area contributed by atoms with Crippen molar-refractivity contribution in [2.45, 2.75) is 10.6 Å². The van der Waals surface area contributed by atoms with Crippen LogP contribution < -0.4 is 5.73 Å². The Labute approximate surface area is 121 Å². The summed E-state index contributed by atoms with van der Waals surface area (Å²) in [4.78, 5) is 5.86. The molecule has 98 valence electrons. The predicted molar refractivity (Wildman–Crippen MR) is 79.0 cm³/mol. The molecule has 3 rings (SSSR count). The van der Waals surface area contributed by atoms with E-state index in [1.54, 1.807) is 29.5 Å². The molecular weight excluding hydrogens is 302 g/mol. The molecule has 0 saturated heterocycles. The van der Waals surface area contributed by atoms with Crippen molar-refractivity contribution < 1.29 is 4.21 Å². The Morgan fingerprint density at radius 1 is 1.47 bits per heavy atom. The van der Waals surface area contributed by atoms with Crippen LogP contribution in [0.5, 0.6) is 0 Å². The number of anilines is 1. The third kappa shape index (κ3) is 2.51. The van der Waals surface area contributed by atoms with Crippen molar-refractivity contribution in [2.75, 3.05) is 5.73 Å². The van der Waals surface area contributed by atoms with E-state index in [4.69, 9.17) is 17.3 Å². The lowest BCUT2D eigenvalue weighted by Crippen LogP contribution is -2.01. The van der Waals surface area contributed by atoms with Crippen LogP contribution in [0.2, 0.25) is 5.02 Å². The lowest BCUT2D eigenvalue weighted by atomic mass is 10.3. The maximum atomic E-state index is 12.3. The van der Waals surface area contributed by atoms with E-state index in [-0.39, 0.29) is 0 Å². The second-order valence-electron chi connectivity index (χ2n) is 4.00. The Morgan fingerprint density at radius 2 is 2.32 bits per heavy atom. The number of halogens is 1. The van der Waals surface area contributed by atoms with Gasteiger partial charge in [0, 0.05) is 28.5 Å². The van der Waals surface area contributed by atoms with Gasteiger partial charge in [0.2, 0.25) is 0 Å². The first kappa shape index (κ1) is 12.7. The first-order valence-corrected chi connectivity index (χ1v) is 8.05. The highest BCUT2D eigenvalue weighted by Crippen LogP contribution is 2.23. The molecule has 19 heavy (non-hydrogen) atoms. The van der Waals surface area contributed by atoms with Crippen LogP contribution in [0.25, 0.3) is 4.96 Å². The average molecular weight is 312 g/mol. The minimum absolute atomic E-state index is 0.332. The number of thiazole rings is 1. The molecule has 2 aromatic heterocycles. The quantitative estimate of drug-likeness (QED) is 0.757. The Kier molecular flexibility index (Phi) is 3.30. The number of nitrogen functional groups attached to an aromatic ring is 1. The molecule has 0 spiro atoms. The highest BCUT2D eigenvalue weighted by molar-refractivity contribution is 7.84. The number of nitrogens with two attached hydrogens (primary N) is 1. The van der Waals surface area contributed by atoms with Crippen molar-refractivity contribution in [3.05, 3.63) is 46.7 Å². The fraction of sp³-hybridized carbons (Fsp3) is 0.0833. The third-order valence-corrected chi connectivity index (χ3v) is 5.05. The standard InChI is InChI=1S/C12H10ClN3OS2/c13-8-1-2-10(14)11(5-8)19(17)7-9-6-16-3-4-18-12(16)15-9/h1-6H,7,14H2. The summed E-state index contributed by atoms with van der Waals surface area (Å²) in [5.41, 5.74) is 7.10. The Morgan fingerprint density at radius 3 is 3.11 bits per heavy atom. The summed E-state index contributed by atoms with van der Waals surface area (Å²) >= 11 is 7.45. The smallest absolute Gasteiger partial charge is 0.193 e. The molecule has 1 atom stereocenters. The van der Waals surface area contributed by atoms with E-state index in [2.05, 4.69) is 4.98 Å². The number of nitrogens with zero attached hydrogens (tertiary/aromatic N) is 2. The van der Waals surface area contributed by atoms with Gasteiger partial charge in [-0.2, -0.15) is 0 Å². The zero-order chi connectivity index (χ0) is 13.4. The van der Waals surface area contributed by atoms with Crippen LogP contribution in [0.1, 0.15) is 5.69 Å². The summed E-state index contributed by atoms with van der Waals surface area (Å²) < 4.78 is 14.2. The van der Waals surface area contributed by atoms with Crippen molar-refractivity contribution in [3.8, 4) is 0 Å². The molecule has 0 aliphatic rings. The monoisotopic (exact) mass is 311 g/mol. The number of hydrogen-bond donors (Lipinski definition) is 1. The van der Waals surface area contributed by atoms with Gasteiger partial charge in [-0.3, -0.25) is 8.61 Å². The highest BCUT2D eigenvalue weighted by Gasteiger charge is 2.12. The van der Waals surface area contributed by atoms with Gasteiger partial charge in [0.25, 0.3) is 0 Å². The first-order chi connectivity index (χ1) is 9.13. The fourth-order valence-electron chi connectivity index (χ4n) is 1.76. The Balaban J connectivity index is 1.88. The van der Waals surface area contributed by atoms with E-state index in [1.165, 1.54) is 0 Å². The molecule has 0 saturated carbocycles. The zero-order valence-electron chi connectivity index (χ0n) is 9.75. The van der Waals surface area contributed by atoms with Crippen molar-refractivity contribution in [3.63, 3.8) is 0 Å². The topological polar surface area (TPSA) is 60.4 Å². The lowest BCUT2D eigenvalue weighted by Gasteiger charge is -2.04. The first-order valence-electron chi connectivity index (χ1n) is 5.48. The van der Waals surface area contributed by atoms with Crippen molar-refractivity contribution in [2.24, 2.45) is 0 Å². The summed E-state index contributed by atoms with van der Waals surface area (Å²) in [5.74, 6) is 0.332. The van der Waals surface area contributed by atoms with Crippen LogP contribution in [-0.4, -0.2) is 13.6 Å². The number of benzene rings is 1. The van der Waals surface area contributed by atoms with Crippen LogP contribution in [0.15, 0.2) is 40.9 Å². The van der Waals surface area contributed by atoms with Gasteiger partial charge in [0.05, 0.1) is 27.1 Å². The van der Waals surface area contributed by atoms with Crippen LogP contribution in [0, 0.1) is 0 Å². The van der Waals surface area contributed by atoms with E-state index in [1.807, 2.05) is 22.2 Å². The van der Waals surface area contributed by atoms with Gasteiger partial charge >= 0.3 is 0 Å². The molecule has 0 radical (unpaired) electrons. The van der Waals surface area contributed by atoms with E-state index < -0.39 is 10.8 Å². The van der Waals surface area contributed by atoms with Crippen LogP contribution in [0.3, 0.4) is 0 Å². The Bertz CT molecular complexity index is 737. The molecule has 1 unspecified atom stereocenters. The number of aromatic nitrogens is 2. The van der Waals surface area contributed by atoms with E-state index in [0.717, 1.165) is 10.7 Å². The minimum atomic E-state index is -1.25. The minimum Gasteiger partial charge on any atom is -0.398 e. The molecule has 7 heteroatoms. The predicted octanol–water partition coefficient (Wildman–Crippen LogP) is 2.94. The largest absolute Gasteiger partial charge is 0.398 e. The van der Waals surface area contributed by atoms with Crippen LogP contribution in [0.4, 0.5) is 5.69 Å². The molecule has 2 heterocycles. The summed E-state index contributed by atoms with van der Waals surface area (Å²) in [6, 6.07) is 5.00. The van der Waals surface area contributed by atoms with Crippen molar-refractivity contribution >= 4 is 44.4 Å². The van der Waals surface area contributed by atoms with Crippen LogP contribution >= 0.6 is 22.9 Å². The molecule has 0 amide bonds. The van der Waals surface area contributed by atoms with Gasteiger partial charge in [0.1, 0.15) is 0 Å². The second kappa shape index (κ2) is 4.96. The molecule has 3 aromatic rings. The molecule has 1 aromatic carbocycles. The van der Waals surface area contributed by atoms with Crippen molar-refractivity contribution in [1.29, 1.82) is 0 Å². The second-order valence-corrected chi connectivity index (χ2v) is 6.73. The maximum Gasteiger partial charge on any atom is 0.193 e. The molecule has 0 aliphatic carbocycles. The Hall–Kier alpha value is -1.37. The molecule has 0 fully saturated rings. The summed E-state index contributed by atoms with van der Waals surface area (Å²) in [5, 5.41) is 2.49. The molecule has 4 nitrogen and oxygen atoms in total. The van der Waals surface area contributed by atoms with E-state index >= 15 is 0 Å². The lowest BCUT2D eigenvalue weighted by molar-refractivity contribution is 0.682. The third-order valence-electron chi connectivity index (χ3n) is 2.64. The van der Waals surface area contributed by atoms with Gasteiger partial charge in [-0.15, -0.1) is 11.3 Å². The van der Waals surface area contributed by atoms with Crippen LogP contribution in [-0.2, 0) is 16.6 Å². The number of hydrogen-bond acceptors (Lipinski definition) is 4. The number of fused-ring (bicyclic) bond motifs is 1. The van der Waals surface area contributed by atoms with Gasteiger partial charge in [-0.25, -0.2) is 4.98 Å². The normalized spacial score (nSPS) is 12.9. The van der Waals surface area contributed by atoms with Gasteiger partial charge in [0.15, 0.2) is 4.96 Å². The molecule has 2 N–H and O–H groups in total. The number of rotatable bonds is 3.